The van der Waals surface area contributed by atoms with Crippen molar-refractivity contribution >= 4 is 6.03 Å². The van der Waals surface area contributed by atoms with Gasteiger partial charge in [-0.25, -0.2) is 4.79 Å². The van der Waals surface area contributed by atoms with E-state index in [1.165, 1.54) is 18.4 Å². The van der Waals surface area contributed by atoms with Gasteiger partial charge in [-0.05, 0) is 33.1 Å². The molecule has 5 nitrogen and oxygen atoms in total. The van der Waals surface area contributed by atoms with Crippen molar-refractivity contribution in [3.8, 4) is 0 Å². The van der Waals surface area contributed by atoms with Gasteiger partial charge in [0, 0.05) is 12.6 Å². The molecule has 0 bridgehead atoms. The molecular formula is C16H28N2O3. The lowest BCUT2D eigenvalue weighted by molar-refractivity contribution is -0.0446. The summed E-state index contributed by atoms with van der Waals surface area (Å²) < 4.78 is 11.4. The van der Waals surface area contributed by atoms with E-state index in [-0.39, 0.29) is 18.2 Å². The Labute approximate surface area is 127 Å². The second-order valence-corrected chi connectivity index (χ2v) is 6.22. The van der Waals surface area contributed by atoms with Crippen LogP contribution in [0.15, 0.2) is 11.6 Å². The second-order valence-electron chi connectivity index (χ2n) is 6.22. The van der Waals surface area contributed by atoms with Crippen LogP contribution in [0.25, 0.3) is 0 Å². The number of rotatable bonds is 5. The zero-order chi connectivity index (χ0) is 15.1. The standard InChI is InChI=1S/C16H28N2O3/c1-12(2)7-10-21-15-8-9-20-11-14(15)18-16(19)17-13-5-3-4-6-13/h7,13-15H,3-6,8-11H2,1-2H3,(H2,17,18,19)/t14-,15+/m1/s1. The van der Waals surface area contributed by atoms with Crippen LogP contribution >= 0.6 is 0 Å². The molecule has 1 aliphatic heterocycles. The van der Waals surface area contributed by atoms with Crippen molar-refractivity contribution in [1.82, 2.24) is 10.6 Å². The highest BCUT2D eigenvalue weighted by Gasteiger charge is 2.28. The number of carbonyl (C=O) groups is 1. The average molecular weight is 296 g/mol. The van der Waals surface area contributed by atoms with Gasteiger partial charge in [0.2, 0.25) is 0 Å². The molecule has 5 heteroatoms. The van der Waals surface area contributed by atoms with E-state index in [1.807, 2.05) is 0 Å². The maximum absolute atomic E-state index is 12.0. The van der Waals surface area contributed by atoms with Crippen molar-refractivity contribution in [2.24, 2.45) is 0 Å². The summed E-state index contributed by atoms with van der Waals surface area (Å²) in [7, 11) is 0. The van der Waals surface area contributed by atoms with Crippen molar-refractivity contribution in [2.45, 2.75) is 64.1 Å². The Balaban J connectivity index is 1.77. The summed E-state index contributed by atoms with van der Waals surface area (Å²) in [5.74, 6) is 0. The summed E-state index contributed by atoms with van der Waals surface area (Å²) in [6, 6.07) is 0.179. The van der Waals surface area contributed by atoms with E-state index in [1.54, 1.807) is 0 Å². The molecule has 2 N–H and O–H groups in total. The van der Waals surface area contributed by atoms with Gasteiger partial charge in [0.15, 0.2) is 0 Å². The van der Waals surface area contributed by atoms with Crippen LogP contribution in [0.3, 0.4) is 0 Å². The molecule has 0 aromatic heterocycles. The number of carbonyl (C=O) groups excluding carboxylic acids is 1. The zero-order valence-corrected chi connectivity index (χ0v) is 13.2. The van der Waals surface area contributed by atoms with Gasteiger partial charge in [0.05, 0.1) is 25.4 Å². The Morgan fingerprint density at radius 2 is 2.00 bits per heavy atom. The number of nitrogens with one attached hydrogen (secondary N) is 2. The Morgan fingerprint density at radius 1 is 1.24 bits per heavy atom. The smallest absolute Gasteiger partial charge is 0.315 e. The first-order chi connectivity index (χ1) is 10.1. The molecule has 1 saturated heterocycles. The van der Waals surface area contributed by atoms with Crippen LogP contribution in [0.2, 0.25) is 0 Å². The first-order valence-electron chi connectivity index (χ1n) is 8.05. The van der Waals surface area contributed by atoms with E-state index >= 15 is 0 Å². The zero-order valence-electron chi connectivity index (χ0n) is 13.2. The molecule has 1 heterocycles. The van der Waals surface area contributed by atoms with Gasteiger partial charge in [-0.1, -0.05) is 24.5 Å². The quantitative estimate of drug-likeness (QED) is 0.766. The number of amides is 2. The molecule has 120 valence electrons. The predicted molar refractivity (Wildman–Crippen MR) is 82.3 cm³/mol. The highest BCUT2D eigenvalue weighted by atomic mass is 16.5. The van der Waals surface area contributed by atoms with Crippen molar-refractivity contribution in [3.05, 3.63) is 11.6 Å². The van der Waals surface area contributed by atoms with Crippen LogP contribution in [0.1, 0.15) is 46.0 Å². The van der Waals surface area contributed by atoms with E-state index in [4.69, 9.17) is 9.47 Å². The summed E-state index contributed by atoms with van der Waals surface area (Å²) in [5.41, 5.74) is 1.24. The fourth-order valence-electron chi connectivity index (χ4n) is 2.86. The van der Waals surface area contributed by atoms with Crippen molar-refractivity contribution in [3.63, 3.8) is 0 Å². The van der Waals surface area contributed by atoms with Crippen molar-refractivity contribution < 1.29 is 14.3 Å². The third kappa shape index (κ3) is 5.67. The summed E-state index contributed by atoms with van der Waals surface area (Å²) >= 11 is 0. The van der Waals surface area contributed by atoms with Crippen LogP contribution < -0.4 is 10.6 Å². The van der Waals surface area contributed by atoms with Crippen LogP contribution in [-0.2, 0) is 9.47 Å². The number of urea groups is 1. The van der Waals surface area contributed by atoms with Gasteiger partial charge in [-0.3, -0.25) is 0 Å². The lowest BCUT2D eigenvalue weighted by atomic mass is 10.1. The minimum Gasteiger partial charge on any atom is -0.379 e. The molecule has 0 radical (unpaired) electrons. The Bertz CT molecular complexity index is 361. The topological polar surface area (TPSA) is 59.6 Å². The molecule has 1 aliphatic carbocycles. The normalized spacial score (nSPS) is 26.4. The Morgan fingerprint density at radius 3 is 2.71 bits per heavy atom. The third-order valence-corrected chi connectivity index (χ3v) is 4.10. The maximum Gasteiger partial charge on any atom is 0.315 e. The number of hydrogen-bond donors (Lipinski definition) is 2. The van der Waals surface area contributed by atoms with Crippen LogP contribution in [-0.4, -0.2) is 44.0 Å². The number of hydrogen-bond acceptors (Lipinski definition) is 3. The first-order valence-corrected chi connectivity index (χ1v) is 8.05. The maximum atomic E-state index is 12.0. The Kier molecular flexibility index (Phi) is 6.51. The summed E-state index contributed by atoms with van der Waals surface area (Å²) in [5, 5.41) is 6.06. The van der Waals surface area contributed by atoms with Gasteiger partial charge in [0.1, 0.15) is 0 Å². The molecule has 2 fully saturated rings. The highest BCUT2D eigenvalue weighted by molar-refractivity contribution is 5.74. The highest BCUT2D eigenvalue weighted by Crippen LogP contribution is 2.18. The molecule has 0 aromatic rings. The van der Waals surface area contributed by atoms with E-state index in [9.17, 15) is 4.79 Å². The molecule has 0 aromatic carbocycles. The van der Waals surface area contributed by atoms with E-state index in [0.29, 0.717) is 25.9 Å². The molecule has 2 atom stereocenters. The lowest BCUT2D eigenvalue weighted by Crippen LogP contribution is -2.54. The van der Waals surface area contributed by atoms with Gasteiger partial charge in [-0.15, -0.1) is 0 Å². The fraction of sp³-hybridized carbons (Fsp3) is 0.812. The predicted octanol–water partition coefficient (Wildman–Crippen LogP) is 2.37. The number of ether oxygens (including phenoxy) is 2. The minimum atomic E-state index is -0.0896. The van der Waals surface area contributed by atoms with E-state index < -0.39 is 0 Å². The third-order valence-electron chi connectivity index (χ3n) is 4.10. The molecular weight excluding hydrogens is 268 g/mol. The Hall–Kier alpha value is -1.07. The summed E-state index contributed by atoms with van der Waals surface area (Å²) in [6.07, 6.45) is 7.53. The van der Waals surface area contributed by atoms with Crippen LogP contribution in [0.5, 0.6) is 0 Å². The van der Waals surface area contributed by atoms with Crippen LogP contribution in [0, 0.1) is 0 Å². The fourth-order valence-corrected chi connectivity index (χ4v) is 2.86. The summed E-state index contributed by atoms with van der Waals surface area (Å²) in [6.45, 7) is 5.92. The first kappa shape index (κ1) is 16.3. The minimum absolute atomic E-state index is 0.0312. The largest absolute Gasteiger partial charge is 0.379 e. The molecule has 1 saturated carbocycles. The number of allylic oxidation sites excluding steroid dienone is 1. The van der Waals surface area contributed by atoms with Gasteiger partial charge >= 0.3 is 6.03 Å². The van der Waals surface area contributed by atoms with Crippen molar-refractivity contribution in [2.75, 3.05) is 19.8 Å². The average Bonchev–Trinajstić information content (AvgIpc) is 2.93. The van der Waals surface area contributed by atoms with Gasteiger partial charge < -0.3 is 20.1 Å². The lowest BCUT2D eigenvalue weighted by Gasteiger charge is -2.32. The van der Waals surface area contributed by atoms with Gasteiger partial charge in [-0.2, -0.15) is 0 Å². The molecule has 2 rings (SSSR count). The molecule has 21 heavy (non-hydrogen) atoms. The monoisotopic (exact) mass is 296 g/mol. The second kappa shape index (κ2) is 8.39. The SMILES string of the molecule is CC(C)=CCO[C@H]1CCOC[C@H]1NC(=O)NC1CCCC1. The summed E-state index contributed by atoms with van der Waals surface area (Å²) in [4.78, 5) is 12.0. The molecule has 0 spiro atoms. The van der Waals surface area contributed by atoms with Crippen molar-refractivity contribution in [1.29, 1.82) is 0 Å². The van der Waals surface area contributed by atoms with Crippen LogP contribution in [0.4, 0.5) is 4.79 Å². The molecule has 0 unspecified atom stereocenters. The van der Waals surface area contributed by atoms with E-state index in [2.05, 4.69) is 30.6 Å². The van der Waals surface area contributed by atoms with E-state index in [0.717, 1.165) is 19.3 Å². The molecule has 2 amide bonds. The molecule has 2 aliphatic rings. The van der Waals surface area contributed by atoms with Gasteiger partial charge in [0.25, 0.3) is 0 Å².